The molecule has 0 atom stereocenters. The van der Waals surface area contributed by atoms with Crippen LogP contribution in [0.2, 0.25) is 0 Å². The van der Waals surface area contributed by atoms with E-state index in [0.29, 0.717) is 13.2 Å². The third kappa shape index (κ3) is 3.96. The van der Waals surface area contributed by atoms with Crippen molar-refractivity contribution < 1.29 is 9.47 Å². The van der Waals surface area contributed by atoms with Gasteiger partial charge in [0.1, 0.15) is 0 Å². The van der Waals surface area contributed by atoms with Crippen LogP contribution in [-0.4, -0.2) is 25.2 Å². The normalized spacial score (nSPS) is 10.3. The maximum atomic E-state index is 5.77. The van der Waals surface area contributed by atoms with Crippen molar-refractivity contribution in [1.29, 1.82) is 0 Å². The van der Waals surface area contributed by atoms with Crippen LogP contribution in [0.5, 0.6) is 11.5 Å². The Kier molecular flexibility index (Phi) is 5.38. The van der Waals surface area contributed by atoms with E-state index in [-0.39, 0.29) is 0 Å². The Morgan fingerprint density at radius 3 is 2.70 bits per heavy atom. The molecule has 106 valence electrons. The summed E-state index contributed by atoms with van der Waals surface area (Å²) in [6.45, 7) is 1.20. The number of hydrogen-bond donors (Lipinski definition) is 1. The summed E-state index contributed by atoms with van der Waals surface area (Å²) in [6, 6.07) is 11.8. The van der Waals surface area contributed by atoms with Crippen molar-refractivity contribution >= 4 is 0 Å². The molecular formula is C16H20N2O2. The van der Waals surface area contributed by atoms with E-state index >= 15 is 0 Å². The zero-order chi connectivity index (χ0) is 14.2. The molecule has 4 nitrogen and oxygen atoms in total. The zero-order valence-electron chi connectivity index (χ0n) is 11.7. The molecule has 0 aliphatic rings. The Morgan fingerprint density at radius 2 is 2.00 bits per heavy atom. The quantitative estimate of drug-likeness (QED) is 0.839. The molecule has 0 saturated heterocycles. The lowest BCUT2D eigenvalue weighted by Gasteiger charge is -2.12. The number of hydrogen-bond acceptors (Lipinski definition) is 4. The largest absolute Gasteiger partial charge is 0.493 e. The maximum absolute atomic E-state index is 5.77. The summed E-state index contributed by atoms with van der Waals surface area (Å²) in [6.07, 6.45) is 3.40. The summed E-state index contributed by atoms with van der Waals surface area (Å²) in [7, 11) is 1.65. The van der Waals surface area contributed by atoms with Gasteiger partial charge in [0.25, 0.3) is 0 Å². The fourth-order valence-electron chi connectivity index (χ4n) is 1.96. The summed E-state index contributed by atoms with van der Waals surface area (Å²) in [5.41, 5.74) is 7.73. The lowest BCUT2D eigenvalue weighted by molar-refractivity contribution is 0.296. The molecule has 0 saturated carbocycles. The van der Waals surface area contributed by atoms with Crippen molar-refractivity contribution in [3.63, 3.8) is 0 Å². The molecule has 0 radical (unpaired) electrons. The highest BCUT2D eigenvalue weighted by molar-refractivity contribution is 5.43. The van der Waals surface area contributed by atoms with Gasteiger partial charge in [-0.1, -0.05) is 12.1 Å². The zero-order valence-corrected chi connectivity index (χ0v) is 11.7. The molecule has 4 heteroatoms. The molecule has 0 unspecified atom stereocenters. The maximum Gasteiger partial charge on any atom is 0.161 e. The minimum absolute atomic E-state index is 0.573. The van der Waals surface area contributed by atoms with Crippen molar-refractivity contribution in [3.05, 3.63) is 53.9 Å². The van der Waals surface area contributed by atoms with E-state index in [9.17, 15) is 0 Å². The molecule has 0 spiro atoms. The number of rotatable bonds is 7. The van der Waals surface area contributed by atoms with Crippen LogP contribution in [0.15, 0.2) is 42.6 Å². The lowest BCUT2D eigenvalue weighted by atomic mass is 10.1. The van der Waals surface area contributed by atoms with Crippen molar-refractivity contribution in [3.8, 4) is 11.5 Å². The van der Waals surface area contributed by atoms with E-state index in [1.54, 1.807) is 13.3 Å². The Morgan fingerprint density at radius 1 is 1.10 bits per heavy atom. The van der Waals surface area contributed by atoms with Crippen LogP contribution in [0, 0.1) is 0 Å². The van der Waals surface area contributed by atoms with E-state index in [1.807, 2.05) is 36.4 Å². The number of benzene rings is 1. The first-order valence-electron chi connectivity index (χ1n) is 6.73. The second-order valence-corrected chi connectivity index (χ2v) is 4.44. The molecule has 0 aliphatic carbocycles. The highest BCUT2D eigenvalue weighted by atomic mass is 16.5. The van der Waals surface area contributed by atoms with Crippen LogP contribution in [-0.2, 0) is 12.8 Å². The highest BCUT2D eigenvalue weighted by Gasteiger charge is 2.06. The topological polar surface area (TPSA) is 57.4 Å². The van der Waals surface area contributed by atoms with Crippen LogP contribution >= 0.6 is 0 Å². The van der Waals surface area contributed by atoms with Gasteiger partial charge in [-0.2, -0.15) is 0 Å². The summed E-state index contributed by atoms with van der Waals surface area (Å²) in [5, 5.41) is 0. The molecule has 1 aromatic carbocycles. The minimum atomic E-state index is 0.573. The van der Waals surface area contributed by atoms with E-state index in [0.717, 1.165) is 35.6 Å². The van der Waals surface area contributed by atoms with Gasteiger partial charge in [0.2, 0.25) is 0 Å². The standard InChI is InChI=1S/C16H20N2O2/c1-19-16-12-13(7-9-17)5-6-15(16)20-11-8-14-4-2-3-10-18-14/h2-6,10,12H,7-9,11,17H2,1H3. The predicted molar refractivity (Wildman–Crippen MR) is 79.2 cm³/mol. The average Bonchev–Trinajstić information content (AvgIpc) is 2.50. The molecule has 2 N–H and O–H groups in total. The van der Waals surface area contributed by atoms with Crippen molar-refractivity contribution in [2.75, 3.05) is 20.3 Å². The molecule has 0 amide bonds. The van der Waals surface area contributed by atoms with Gasteiger partial charge in [-0.25, -0.2) is 0 Å². The van der Waals surface area contributed by atoms with Crippen LogP contribution in [0.1, 0.15) is 11.3 Å². The molecular weight excluding hydrogens is 252 g/mol. The van der Waals surface area contributed by atoms with Crippen molar-refractivity contribution in [2.45, 2.75) is 12.8 Å². The molecule has 2 rings (SSSR count). The smallest absolute Gasteiger partial charge is 0.161 e. The molecule has 0 bridgehead atoms. The van der Waals surface area contributed by atoms with E-state index in [2.05, 4.69) is 4.98 Å². The third-order valence-corrected chi connectivity index (χ3v) is 3.00. The minimum Gasteiger partial charge on any atom is -0.493 e. The number of methoxy groups -OCH3 is 1. The van der Waals surface area contributed by atoms with Crippen molar-refractivity contribution in [2.24, 2.45) is 5.73 Å². The summed E-state index contributed by atoms with van der Waals surface area (Å²) in [5.74, 6) is 1.50. The second-order valence-electron chi connectivity index (χ2n) is 4.44. The fraction of sp³-hybridized carbons (Fsp3) is 0.312. The lowest BCUT2D eigenvalue weighted by Crippen LogP contribution is -2.05. The van der Waals surface area contributed by atoms with Crippen LogP contribution in [0.25, 0.3) is 0 Å². The highest BCUT2D eigenvalue weighted by Crippen LogP contribution is 2.28. The predicted octanol–water partition coefficient (Wildman–Crippen LogP) is 2.21. The number of pyridine rings is 1. The van der Waals surface area contributed by atoms with Gasteiger partial charge in [0.15, 0.2) is 11.5 Å². The Balaban J connectivity index is 1.95. The third-order valence-electron chi connectivity index (χ3n) is 3.00. The van der Waals surface area contributed by atoms with Gasteiger partial charge in [0.05, 0.1) is 13.7 Å². The first-order valence-corrected chi connectivity index (χ1v) is 6.73. The van der Waals surface area contributed by atoms with E-state index in [1.165, 1.54) is 0 Å². The van der Waals surface area contributed by atoms with Gasteiger partial charge in [-0.15, -0.1) is 0 Å². The molecule has 2 aromatic rings. The number of ether oxygens (including phenoxy) is 2. The van der Waals surface area contributed by atoms with Gasteiger partial charge in [0, 0.05) is 18.3 Å². The molecule has 0 aliphatic heterocycles. The van der Waals surface area contributed by atoms with Gasteiger partial charge in [-0.3, -0.25) is 4.98 Å². The van der Waals surface area contributed by atoms with Gasteiger partial charge in [-0.05, 0) is 42.8 Å². The molecule has 0 fully saturated rings. The van der Waals surface area contributed by atoms with Crippen molar-refractivity contribution in [1.82, 2.24) is 4.98 Å². The monoisotopic (exact) mass is 272 g/mol. The first-order chi connectivity index (χ1) is 9.83. The summed E-state index contributed by atoms with van der Waals surface area (Å²) >= 11 is 0. The summed E-state index contributed by atoms with van der Waals surface area (Å²) in [4.78, 5) is 4.27. The van der Waals surface area contributed by atoms with E-state index < -0.39 is 0 Å². The molecule has 1 aromatic heterocycles. The number of nitrogens with zero attached hydrogens (tertiary/aromatic N) is 1. The number of aromatic nitrogens is 1. The Hall–Kier alpha value is -2.07. The number of nitrogens with two attached hydrogens (primary N) is 1. The average molecular weight is 272 g/mol. The van der Waals surface area contributed by atoms with Crippen LogP contribution < -0.4 is 15.2 Å². The molecule has 20 heavy (non-hydrogen) atoms. The fourth-order valence-corrected chi connectivity index (χ4v) is 1.96. The van der Waals surface area contributed by atoms with Gasteiger partial charge < -0.3 is 15.2 Å². The second kappa shape index (κ2) is 7.50. The Labute approximate surface area is 119 Å². The van der Waals surface area contributed by atoms with Crippen LogP contribution in [0.3, 0.4) is 0 Å². The summed E-state index contributed by atoms with van der Waals surface area (Å²) < 4.78 is 11.1. The first kappa shape index (κ1) is 14.3. The SMILES string of the molecule is COc1cc(CCN)ccc1OCCc1ccccn1. The Bertz CT molecular complexity index is 529. The van der Waals surface area contributed by atoms with Gasteiger partial charge >= 0.3 is 0 Å². The van der Waals surface area contributed by atoms with Crippen LogP contribution in [0.4, 0.5) is 0 Å². The molecule has 1 heterocycles. The van der Waals surface area contributed by atoms with E-state index in [4.69, 9.17) is 15.2 Å².